The molecule has 2 rings (SSSR count). The first kappa shape index (κ1) is 16.0. The molecule has 1 aliphatic rings. The molecule has 0 saturated carbocycles. The fourth-order valence-corrected chi connectivity index (χ4v) is 3.16. The summed E-state index contributed by atoms with van der Waals surface area (Å²) in [6.07, 6.45) is 6.53. The molecule has 0 radical (unpaired) electrons. The van der Waals surface area contributed by atoms with Crippen LogP contribution in [-0.2, 0) is 9.53 Å². The van der Waals surface area contributed by atoms with Crippen molar-refractivity contribution in [1.29, 1.82) is 0 Å². The Morgan fingerprint density at radius 2 is 2.33 bits per heavy atom. The molecule has 21 heavy (non-hydrogen) atoms. The van der Waals surface area contributed by atoms with Crippen molar-refractivity contribution in [2.45, 2.75) is 25.4 Å². The monoisotopic (exact) mass is 353 g/mol. The summed E-state index contributed by atoms with van der Waals surface area (Å²) in [7, 11) is 2.05. The highest BCUT2D eigenvalue weighted by Crippen LogP contribution is 2.28. The molecule has 1 aromatic rings. The Bertz CT molecular complexity index is 524. The Morgan fingerprint density at radius 3 is 2.95 bits per heavy atom. The first-order valence-electron chi connectivity index (χ1n) is 7.09. The van der Waals surface area contributed by atoms with E-state index in [0.29, 0.717) is 6.10 Å². The fraction of sp³-hybridized carbons (Fsp3) is 0.438. The number of halogens is 1. The first-order valence-corrected chi connectivity index (χ1v) is 7.89. The number of carboxylic acid groups (broad SMARTS) is 1. The molecule has 0 spiro atoms. The molecule has 0 bridgehead atoms. The van der Waals surface area contributed by atoms with E-state index < -0.39 is 5.97 Å². The molecule has 1 aliphatic heterocycles. The van der Waals surface area contributed by atoms with E-state index in [2.05, 4.69) is 20.8 Å². The van der Waals surface area contributed by atoms with Crippen LogP contribution in [0.15, 0.2) is 28.7 Å². The molecule has 114 valence electrons. The van der Waals surface area contributed by atoms with Crippen molar-refractivity contribution in [3.8, 4) is 0 Å². The summed E-state index contributed by atoms with van der Waals surface area (Å²) in [6, 6.07) is 5.83. The molecule has 1 saturated heterocycles. The maximum atomic E-state index is 10.5. The zero-order chi connectivity index (χ0) is 15.2. The number of ether oxygens (including phenoxy) is 1. The van der Waals surface area contributed by atoms with Crippen LogP contribution in [0.1, 0.15) is 24.8 Å². The van der Waals surface area contributed by atoms with Crippen LogP contribution >= 0.6 is 15.9 Å². The number of hydrogen-bond donors (Lipinski definition) is 1. The summed E-state index contributed by atoms with van der Waals surface area (Å²) < 4.78 is 6.72. The average molecular weight is 354 g/mol. The topological polar surface area (TPSA) is 49.8 Å². The molecule has 1 N–H and O–H groups in total. The maximum Gasteiger partial charge on any atom is 0.328 e. The third kappa shape index (κ3) is 4.86. The average Bonchev–Trinajstić information content (AvgIpc) is 2.46. The van der Waals surface area contributed by atoms with Crippen molar-refractivity contribution in [2.75, 3.05) is 25.1 Å². The third-order valence-corrected chi connectivity index (χ3v) is 4.19. The molecule has 1 atom stereocenters. The minimum atomic E-state index is -0.943. The van der Waals surface area contributed by atoms with Crippen molar-refractivity contribution in [2.24, 2.45) is 0 Å². The Hall–Kier alpha value is -1.33. The molecule has 5 heteroatoms. The quantitative estimate of drug-likeness (QED) is 0.822. The standard InChI is InChI=1S/C16H20BrNO3/c1-18(11-13-4-2-3-9-21-13)15-7-5-12(10-14(15)17)6-8-16(19)20/h5-8,10,13H,2-4,9,11H2,1H3,(H,19,20)/b8-6+. The predicted molar refractivity (Wildman–Crippen MR) is 87.7 cm³/mol. The number of likely N-dealkylation sites (N-methyl/N-ethyl adjacent to an activating group) is 1. The van der Waals surface area contributed by atoms with Gasteiger partial charge in [0.2, 0.25) is 0 Å². The zero-order valence-electron chi connectivity index (χ0n) is 12.1. The van der Waals surface area contributed by atoms with Crippen molar-refractivity contribution < 1.29 is 14.6 Å². The van der Waals surface area contributed by atoms with Crippen LogP contribution in [0.2, 0.25) is 0 Å². The summed E-state index contributed by atoms with van der Waals surface area (Å²) in [5.41, 5.74) is 1.94. The van der Waals surface area contributed by atoms with Crippen molar-refractivity contribution in [3.05, 3.63) is 34.3 Å². The third-order valence-electron chi connectivity index (χ3n) is 3.55. The lowest BCUT2D eigenvalue weighted by atomic mass is 10.1. The van der Waals surface area contributed by atoms with Crippen LogP contribution in [0.25, 0.3) is 6.08 Å². The molecule has 0 aromatic heterocycles. The Kier molecular flexibility index (Phi) is 5.82. The van der Waals surface area contributed by atoms with E-state index in [1.165, 1.54) is 6.42 Å². The molecule has 0 aliphatic carbocycles. The number of aliphatic carboxylic acids is 1. The Morgan fingerprint density at radius 1 is 1.52 bits per heavy atom. The normalized spacial score (nSPS) is 18.9. The van der Waals surface area contributed by atoms with Crippen LogP contribution in [-0.4, -0.2) is 37.4 Å². The lowest BCUT2D eigenvalue weighted by Gasteiger charge is -2.29. The number of anilines is 1. The lowest BCUT2D eigenvalue weighted by molar-refractivity contribution is -0.131. The molecular formula is C16H20BrNO3. The van der Waals surface area contributed by atoms with Crippen molar-refractivity contribution >= 4 is 33.7 Å². The molecule has 4 nitrogen and oxygen atoms in total. The second kappa shape index (κ2) is 7.61. The predicted octanol–water partition coefficient (Wildman–Crippen LogP) is 3.55. The summed E-state index contributed by atoms with van der Waals surface area (Å²) in [6.45, 7) is 1.72. The minimum absolute atomic E-state index is 0.294. The van der Waals surface area contributed by atoms with E-state index in [1.54, 1.807) is 6.08 Å². The van der Waals surface area contributed by atoms with E-state index in [-0.39, 0.29) is 0 Å². The number of carboxylic acids is 1. The van der Waals surface area contributed by atoms with Gasteiger partial charge >= 0.3 is 5.97 Å². The van der Waals surface area contributed by atoms with Gasteiger partial charge in [0, 0.05) is 30.7 Å². The minimum Gasteiger partial charge on any atom is -0.478 e. The number of benzene rings is 1. The first-order chi connectivity index (χ1) is 10.1. The van der Waals surface area contributed by atoms with Gasteiger partial charge in [-0.3, -0.25) is 0 Å². The molecule has 0 amide bonds. The van der Waals surface area contributed by atoms with E-state index in [9.17, 15) is 4.79 Å². The van der Waals surface area contributed by atoms with Gasteiger partial charge in [-0.2, -0.15) is 0 Å². The van der Waals surface area contributed by atoms with Gasteiger partial charge in [0.05, 0.1) is 11.8 Å². The highest BCUT2D eigenvalue weighted by atomic mass is 79.9. The SMILES string of the molecule is CN(CC1CCCCO1)c1ccc(/C=C/C(=O)O)cc1Br. The van der Waals surface area contributed by atoms with E-state index in [1.807, 2.05) is 25.2 Å². The highest BCUT2D eigenvalue weighted by Gasteiger charge is 2.17. The molecule has 1 aromatic carbocycles. The molecular weight excluding hydrogens is 334 g/mol. The van der Waals surface area contributed by atoms with Crippen molar-refractivity contribution in [3.63, 3.8) is 0 Å². The van der Waals surface area contributed by atoms with E-state index in [4.69, 9.17) is 9.84 Å². The second-order valence-corrected chi connectivity index (χ2v) is 6.11. The molecule has 1 unspecified atom stereocenters. The number of rotatable bonds is 5. The van der Waals surface area contributed by atoms with Gasteiger partial charge in [0.25, 0.3) is 0 Å². The van der Waals surface area contributed by atoms with Crippen molar-refractivity contribution in [1.82, 2.24) is 0 Å². The second-order valence-electron chi connectivity index (χ2n) is 5.25. The summed E-state index contributed by atoms with van der Waals surface area (Å²) in [5, 5.41) is 8.65. The highest BCUT2D eigenvalue weighted by molar-refractivity contribution is 9.10. The summed E-state index contributed by atoms with van der Waals surface area (Å²) in [4.78, 5) is 12.7. The van der Waals surface area contributed by atoms with Gasteiger partial charge in [-0.25, -0.2) is 4.79 Å². The number of carbonyl (C=O) groups is 1. The van der Waals surface area contributed by atoms with Crippen LogP contribution in [0.4, 0.5) is 5.69 Å². The van der Waals surface area contributed by atoms with Crippen LogP contribution in [0, 0.1) is 0 Å². The fourth-order valence-electron chi connectivity index (χ4n) is 2.46. The smallest absolute Gasteiger partial charge is 0.328 e. The number of nitrogens with zero attached hydrogens (tertiary/aromatic N) is 1. The van der Waals surface area contributed by atoms with Gasteiger partial charge < -0.3 is 14.7 Å². The van der Waals surface area contributed by atoms with Crippen LogP contribution in [0.5, 0.6) is 0 Å². The largest absolute Gasteiger partial charge is 0.478 e. The Balaban J connectivity index is 2.03. The van der Waals surface area contributed by atoms with Gasteiger partial charge in [-0.05, 0) is 59.0 Å². The Labute approximate surface area is 133 Å². The van der Waals surface area contributed by atoms with E-state index in [0.717, 1.165) is 47.8 Å². The zero-order valence-corrected chi connectivity index (χ0v) is 13.7. The van der Waals surface area contributed by atoms with Gasteiger partial charge in [-0.15, -0.1) is 0 Å². The number of hydrogen-bond acceptors (Lipinski definition) is 3. The lowest BCUT2D eigenvalue weighted by Crippen LogP contribution is -2.33. The van der Waals surface area contributed by atoms with E-state index >= 15 is 0 Å². The maximum absolute atomic E-state index is 10.5. The summed E-state index contributed by atoms with van der Waals surface area (Å²) in [5.74, 6) is -0.943. The molecule has 1 fully saturated rings. The van der Waals surface area contributed by atoms with Gasteiger partial charge in [-0.1, -0.05) is 6.07 Å². The van der Waals surface area contributed by atoms with Crippen LogP contribution < -0.4 is 4.90 Å². The van der Waals surface area contributed by atoms with Gasteiger partial charge in [0.1, 0.15) is 0 Å². The van der Waals surface area contributed by atoms with Gasteiger partial charge in [0.15, 0.2) is 0 Å². The van der Waals surface area contributed by atoms with Crippen LogP contribution in [0.3, 0.4) is 0 Å². The summed E-state index contributed by atoms with van der Waals surface area (Å²) >= 11 is 3.56. The molecule has 1 heterocycles.